The highest BCUT2D eigenvalue weighted by atomic mass is 35.5. The highest BCUT2D eigenvalue weighted by Gasteiger charge is 2.18. The van der Waals surface area contributed by atoms with Gasteiger partial charge in [0.05, 0.1) is 11.8 Å². The van der Waals surface area contributed by atoms with Crippen molar-refractivity contribution in [2.24, 2.45) is 7.05 Å². The van der Waals surface area contributed by atoms with Crippen LogP contribution in [0, 0.1) is 19.7 Å². The van der Waals surface area contributed by atoms with Gasteiger partial charge in [-0.15, -0.1) is 0 Å². The van der Waals surface area contributed by atoms with Crippen molar-refractivity contribution in [1.82, 2.24) is 9.78 Å². The van der Waals surface area contributed by atoms with Crippen molar-refractivity contribution >= 4 is 11.6 Å². The molecule has 0 saturated carbocycles. The van der Waals surface area contributed by atoms with E-state index in [0.717, 1.165) is 17.0 Å². The van der Waals surface area contributed by atoms with E-state index >= 15 is 0 Å². The quantitative estimate of drug-likeness (QED) is 0.939. The van der Waals surface area contributed by atoms with Gasteiger partial charge in [-0.25, -0.2) is 4.39 Å². The third kappa shape index (κ3) is 2.80. The molecule has 1 heterocycles. The minimum absolute atomic E-state index is 0.257. The standard InChI is InChI=1S/C14H16ClFN2O/c1-8-12(9(2)18(3)17-8)7-14(19)11-5-4-10(15)6-13(11)16/h4-6,14,19H,7H2,1-3H3. The smallest absolute Gasteiger partial charge is 0.130 e. The molecule has 1 atom stereocenters. The van der Waals surface area contributed by atoms with Crippen molar-refractivity contribution in [3.63, 3.8) is 0 Å². The van der Waals surface area contributed by atoms with Gasteiger partial charge in [-0.1, -0.05) is 17.7 Å². The predicted molar refractivity (Wildman–Crippen MR) is 72.8 cm³/mol. The third-order valence-corrected chi connectivity index (χ3v) is 3.61. The maximum atomic E-state index is 13.7. The summed E-state index contributed by atoms with van der Waals surface area (Å²) in [6.07, 6.45) is -0.566. The zero-order valence-corrected chi connectivity index (χ0v) is 11.9. The molecule has 0 amide bonds. The summed E-state index contributed by atoms with van der Waals surface area (Å²) >= 11 is 5.70. The first-order valence-corrected chi connectivity index (χ1v) is 6.40. The number of aliphatic hydroxyl groups is 1. The largest absolute Gasteiger partial charge is 0.388 e. The second-order valence-electron chi connectivity index (χ2n) is 4.66. The summed E-state index contributed by atoms with van der Waals surface area (Å²) in [5, 5.41) is 14.8. The van der Waals surface area contributed by atoms with Gasteiger partial charge in [0.2, 0.25) is 0 Å². The lowest BCUT2D eigenvalue weighted by atomic mass is 10.00. The predicted octanol–water partition coefficient (Wildman–Crippen LogP) is 3.11. The molecule has 0 aliphatic heterocycles. The Morgan fingerprint density at radius 3 is 2.63 bits per heavy atom. The Bertz CT molecular complexity index is 610. The molecule has 2 aromatic rings. The highest BCUT2D eigenvalue weighted by Crippen LogP contribution is 2.25. The SMILES string of the molecule is Cc1nn(C)c(C)c1CC(O)c1ccc(Cl)cc1F. The second-order valence-corrected chi connectivity index (χ2v) is 5.10. The molecule has 5 heteroatoms. The molecule has 3 nitrogen and oxygen atoms in total. The summed E-state index contributed by atoms with van der Waals surface area (Å²) in [4.78, 5) is 0. The first kappa shape index (κ1) is 14.0. The fraction of sp³-hybridized carbons (Fsp3) is 0.357. The molecule has 0 saturated heterocycles. The number of aliphatic hydroxyl groups excluding tert-OH is 1. The summed E-state index contributed by atoms with van der Waals surface area (Å²) in [7, 11) is 1.85. The Balaban J connectivity index is 2.28. The summed E-state index contributed by atoms with van der Waals surface area (Å²) in [5.74, 6) is -0.487. The number of halogens is 2. The number of aryl methyl sites for hydroxylation is 2. The van der Waals surface area contributed by atoms with Gasteiger partial charge in [0.25, 0.3) is 0 Å². The van der Waals surface area contributed by atoms with Crippen LogP contribution in [0.1, 0.15) is 28.6 Å². The molecule has 1 aromatic carbocycles. The second kappa shape index (κ2) is 5.31. The molecule has 1 N–H and O–H groups in total. The molecule has 0 aliphatic carbocycles. The lowest BCUT2D eigenvalue weighted by Crippen LogP contribution is -2.06. The van der Waals surface area contributed by atoms with Crippen LogP contribution in [0.15, 0.2) is 18.2 Å². The van der Waals surface area contributed by atoms with Crippen molar-refractivity contribution < 1.29 is 9.50 Å². The van der Waals surface area contributed by atoms with Gasteiger partial charge in [-0.3, -0.25) is 4.68 Å². The molecule has 19 heavy (non-hydrogen) atoms. The minimum atomic E-state index is -0.904. The lowest BCUT2D eigenvalue weighted by Gasteiger charge is -2.12. The van der Waals surface area contributed by atoms with E-state index in [-0.39, 0.29) is 5.56 Å². The van der Waals surface area contributed by atoms with E-state index < -0.39 is 11.9 Å². The summed E-state index contributed by atoms with van der Waals surface area (Å²) in [6, 6.07) is 4.30. The van der Waals surface area contributed by atoms with Crippen LogP contribution in [0.3, 0.4) is 0 Å². The maximum absolute atomic E-state index is 13.7. The number of nitrogens with zero attached hydrogens (tertiary/aromatic N) is 2. The van der Waals surface area contributed by atoms with Crippen molar-refractivity contribution in [3.05, 3.63) is 51.6 Å². The van der Waals surface area contributed by atoms with E-state index in [2.05, 4.69) is 5.10 Å². The van der Waals surface area contributed by atoms with Crippen LogP contribution in [0.2, 0.25) is 5.02 Å². The normalized spacial score (nSPS) is 12.7. The molecule has 0 aliphatic rings. The van der Waals surface area contributed by atoms with Crippen LogP contribution >= 0.6 is 11.6 Å². The number of hydrogen-bond donors (Lipinski definition) is 1. The molecule has 2 rings (SSSR count). The number of hydrogen-bond acceptors (Lipinski definition) is 2. The van der Waals surface area contributed by atoms with Gasteiger partial charge in [-0.05, 0) is 31.5 Å². The number of benzene rings is 1. The maximum Gasteiger partial charge on any atom is 0.130 e. The fourth-order valence-corrected chi connectivity index (χ4v) is 2.35. The van der Waals surface area contributed by atoms with Gasteiger partial charge >= 0.3 is 0 Å². The molecular weight excluding hydrogens is 267 g/mol. The van der Waals surface area contributed by atoms with Gasteiger partial charge in [0.15, 0.2) is 0 Å². The topological polar surface area (TPSA) is 38.0 Å². The molecule has 102 valence electrons. The Hall–Kier alpha value is -1.39. The zero-order valence-electron chi connectivity index (χ0n) is 11.1. The van der Waals surface area contributed by atoms with E-state index in [1.165, 1.54) is 12.1 Å². The van der Waals surface area contributed by atoms with Crippen molar-refractivity contribution in [1.29, 1.82) is 0 Å². The Labute approximate surface area is 116 Å². The number of aromatic nitrogens is 2. The van der Waals surface area contributed by atoms with Gasteiger partial charge < -0.3 is 5.11 Å². The van der Waals surface area contributed by atoms with E-state index in [9.17, 15) is 9.50 Å². The van der Waals surface area contributed by atoms with E-state index in [4.69, 9.17) is 11.6 Å². The molecular formula is C14H16ClFN2O. The van der Waals surface area contributed by atoms with Crippen LogP contribution in [0.4, 0.5) is 4.39 Å². The first-order chi connectivity index (χ1) is 8.90. The summed E-state index contributed by atoms with van der Waals surface area (Å²) in [6.45, 7) is 3.81. The van der Waals surface area contributed by atoms with Crippen LogP contribution < -0.4 is 0 Å². The molecule has 1 aromatic heterocycles. The zero-order chi connectivity index (χ0) is 14.2. The van der Waals surface area contributed by atoms with Crippen LogP contribution in [0.5, 0.6) is 0 Å². The average molecular weight is 283 g/mol. The van der Waals surface area contributed by atoms with Crippen molar-refractivity contribution in [2.75, 3.05) is 0 Å². The fourth-order valence-electron chi connectivity index (χ4n) is 2.19. The Morgan fingerprint density at radius 1 is 1.42 bits per heavy atom. The summed E-state index contributed by atoms with van der Waals surface area (Å²) < 4.78 is 15.5. The first-order valence-electron chi connectivity index (χ1n) is 6.02. The van der Waals surface area contributed by atoms with Crippen LogP contribution in [-0.2, 0) is 13.5 Å². The molecule has 1 unspecified atom stereocenters. The molecule has 0 fully saturated rings. The highest BCUT2D eigenvalue weighted by molar-refractivity contribution is 6.30. The van der Waals surface area contributed by atoms with Crippen molar-refractivity contribution in [3.8, 4) is 0 Å². The van der Waals surface area contributed by atoms with E-state index in [0.29, 0.717) is 11.4 Å². The average Bonchev–Trinajstić information content (AvgIpc) is 2.56. The van der Waals surface area contributed by atoms with Gasteiger partial charge in [0.1, 0.15) is 5.82 Å². The molecule has 0 spiro atoms. The van der Waals surface area contributed by atoms with E-state index in [1.54, 1.807) is 10.7 Å². The summed E-state index contributed by atoms with van der Waals surface area (Å²) in [5.41, 5.74) is 3.04. The minimum Gasteiger partial charge on any atom is -0.388 e. The van der Waals surface area contributed by atoms with Gasteiger partial charge in [-0.2, -0.15) is 5.10 Å². The Kier molecular flexibility index (Phi) is 3.92. The lowest BCUT2D eigenvalue weighted by molar-refractivity contribution is 0.173. The molecule has 0 radical (unpaired) electrons. The van der Waals surface area contributed by atoms with Crippen molar-refractivity contribution in [2.45, 2.75) is 26.4 Å². The van der Waals surface area contributed by atoms with E-state index in [1.807, 2.05) is 20.9 Å². The molecule has 0 bridgehead atoms. The third-order valence-electron chi connectivity index (χ3n) is 3.38. The van der Waals surface area contributed by atoms with Crippen LogP contribution in [0.25, 0.3) is 0 Å². The monoisotopic (exact) mass is 282 g/mol. The van der Waals surface area contributed by atoms with Crippen LogP contribution in [-0.4, -0.2) is 14.9 Å². The Morgan fingerprint density at radius 2 is 2.11 bits per heavy atom. The number of rotatable bonds is 3. The van der Waals surface area contributed by atoms with Gasteiger partial charge in [0, 0.05) is 29.7 Å².